The Hall–Kier alpha value is -0.910. The molecule has 0 aromatic carbocycles. The number of imidazole rings is 1. The van der Waals surface area contributed by atoms with E-state index in [2.05, 4.69) is 54.7 Å². The first-order valence-electron chi connectivity index (χ1n) is 7.21. The third kappa shape index (κ3) is 2.99. The molecule has 1 unspecified atom stereocenters. The van der Waals surface area contributed by atoms with Gasteiger partial charge in [0.05, 0.1) is 6.04 Å². The number of likely N-dealkylation sites (N-methyl/N-ethyl adjacent to an activating group) is 1. The zero-order valence-electron chi connectivity index (χ0n) is 13.0. The van der Waals surface area contributed by atoms with Crippen molar-refractivity contribution in [2.75, 3.05) is 14.1 Å². The molecule has 0 spiro atoms. The van der Waals surface area contributed by atoms with Crippen LogP contribution >= 0.6 is 0 Å². The predicted molar refractivity (Wildman–Crippen MR) is 79.6 cm³/mol. The minimum atomic E-state index is -0.0222. The molecule has 0 saturated carbocycles. The van der Waals surface area contributed by atoms with Gasteiger partial charge in [0.25, 0.3) is 0 Å². The summed E-state index contributed by atoms with van der Waals surface area (Å²) in [7, 11) is 4.23. The van der Waals surface area contributed by atoms with E-state index >= 15 is 0 Å². The fraction of sp³-hybridized carbons (Fsp3) is 0.786. The zero-order valence-corrected chi connectivity index (χ0v) is 13.0. The lowest BCUT2D eigenvalue weighted by atomic mass is 9.83. The Morgan fingerprint density at radius 3 is 2.42 bits per heavy atom. The second-order valence-electron chi connectivity index (χ2n) is 5.28. The molecule has 1 rings (SSSR count). The molecule has 5 heteroatoms. The number of hydrogen-bond donors (Lipinski definition) is 2. The number of aryl methyl sites for hydroxylation is 1. The van der Waals surface area contributed by atoms with E-state index in [4.69, 9.17) is 5.84 Å². The standard InChI is InChI=1S/C14H29N5/c1-6-10-19-11-9-16-13(19)12(17-15)14(7-2,8-3)18(4)5/h9,11-12,17H,6-8,10,15H2,1-5H3. The summed E-state index contributed by atoms with van der Waals surface area (Å²) in [5.74, 6) is 6.90. The van der Waals surface area contributed by atoms with Crippen LogP contribution in [0.25, 0.3) is 0 Å². The van der Waals surface area contributed by atoms with Gasteiger partial charge in [0, 0.05) is 24.5 Å². The largest absolute Gasteiger partial charge is 0.334 e. The molecule has 19 heavy (non-hydrogen) atoms. The molecule has 0 aliphatic carbocycles. The highest BCUT2D eigenvalue weighted by molar-refractivity contribution is 5.10. The molecule has 110 valence electrons. The van der Waals surface area contributed by atoms with Crippen LogP contribution in [0.3, 0.4) is 0 Å². The van der Waals surface area contributed by atoms with Gasteiger partial charge >= 0.3 is 0 Å². The number of hydrogen-bond acceptors (Lipinski definition) is 4. The first-order valence-corrected chi connectivity index (χ1v) is 7.21. The molecule has 0 bridgehead atoms. The summed E-state index contributed by atoms with van der Waals surface area (Å²) in [6.45, 7) is 7.57. The minimum absolute atomic E-state index is 0.0222. The van der Waals surface area contributed by atoms with Crippen molar-refractivity contribution in [2.45, 2.75) is 58.2 Å². The van der Waals surface area contributed by atoms with E-state index < -0.39 is 0 Å². The maximum absolute atomic E-state index is 5.87. The van der Waals surface area contributed by atoms with Crippen LogP contribution in [-0.2, 0) is 6.54 Å². The van der Waals surface area contributed by atoms with Gasteiger partial charge < -0.3 is 9.47 Å². The monoisotopic (exact) mass is 267 g/mol. The molecule has 1 aromatic heterocycles. The summed E-state index contributed by atoms with van der Waals surface area (Å²) < 4.78 is 2.20. The molecule has 3 N–H and O–H groups in total. The van der Waals surface area contributed by atoms with Crippen molar-refractivity contribution in [1.82, 2.24) is 19.9 Å². The molecule has 0 radical (unpaired) electrons. The first kappa shape index (κ1) is 16.1. The van der Waals surface area contributed by atoms with Crippen molar-refractivity contribution >= 4 is 0 Å². The molecule has 0 aliphatic rings. The first-order chi connectivity index (χ1) is 9.07. The highest BCUT2D eigenvalue weighted by Gasteiger charge is 2.40. The molecular weight excluding hydrogens is 238 g/mol. The number of nitrogens with one attached hydrogen (secondary N) is 1. The van der Waals surface area contributed by atoms with Gasteiger partial charge in [-0.25, -0.2) is 10.4 Å². The number of nitrogens with zero attached hydrogens (tertiary/aromatic N) is 3. The molecule has 0 fully saturated rings. The molecule has 0 aliphatic heterocycles. The lowest BCUT2D eigenvalue weighted by Crippen LogP contribution is -2.55. The number of rotatable bonds is 8. The Bertz CT molecular complexity index is 368. The summed E-state index contributed by atoms with van der Waals surface area (Å²) >= 11 is 0. The average Bonchev–Trinajstić information content (AvgIpc) is 2.84. The van der Waals surface area contributed by atoms with E-state index in [9.17, 15) is 0 Å². The SMILES string of the molecule is CCCn1ccnc1C(NN)C(CC)(CC)N(C)C. The van der Waals surface area contributed by atoms with E-state index in [0.29, 0.717) is 0 Å². The topological polar surface area (TPSA) is 59.1 Å². The Balaban J connectivity index is 3.20. The number of hydrazine groups is 1. The maximum atomic E-state index is 5.87. The van der Waals surface area contributed by atoms with Gasteiger partial charge in [-0.2, -0.15) is 0 Å². The van der Waals surface area contributed by atoms with Crippen molar-refractivity contribution in [3.8, 4) is 0 Å². The highest BCUT2D eigenvalue weighted by atomic mass is 15.3. The van der Waals surface area contributed by atoms with Crippen LogP contribution in [0.4, 0.5) is 0 Å². The Morgan fingerprint density at radius 1 is 1.37 bits per heavy atom. The lowest BCUT2D eigenvalue weighted by Gasteiger charge is -2.44. The van der Waals surface area contributed by atoms with Crippen LogP contribution < -0.4 is 11.3 Å². The average molecular weight is 267 g/mol. The van der Waals surface area contributed by atoms with Crippen LogP contribution in [0.15, 0.2) is 12.4 Å². The molecule has 0 saturated heterocycles. The van der Waals surface area contributed by atoms with Crippen LogP contribution in [0.2, 0.25) is 0 Å². The molecular formula is C14H29N5. The van der Waals surface area contributed by atoms with E-state index in [0.717, 1.165) is 31.6 Å². The summed E-state index contributed by atoms with van der Waals surface area (Å²) in [6.07, 6.45) is 7.03. The van der Waals surface area contributed by atoms with Crippen molar-refractivity contribution in [2.24, 2.45) is 5.84 Å². The molecule has 1 aromatic rings. The van der Waals surface area contributed by atoms with Crippen molar-refractivity contribution in [3.63, 3.8) is 0 Å². The second kappa shape index (κ2) is 7.03. The van der Waals surface area contributed by atoms with Gasteiger partial charge in [-0.3, -0.25) is 5.84 Å². The van der Waals surface area contributed by atoms with E-state index in [1.165, 1.54) is 0 Å². The second-order valence-corrected chi connectivity index (χ2v) is 5.28. The highest BCUT2D eigenvalue weighted by Crippen LogP contribution is 2.34. The smallest absolute Gasteiger partial charge is 0.129 e. The van der Waals surface area contributed by atoms with E-state index in [1.54, 1.807) is 0 Å². The van der Waals surface area contributed by atoms with E-state index in [-0.39, 0.29) is 11.6 Å². The minimum Gasteiger partial charge on any atom is -0.334 e. The maximum Gasteiger partial charge on any atom is 0.129 e. The van der Waals surface area contributed by atoms with Gasteiger partial charge in [-0.15, -0.1) is 0 Å². The van der Waals surface area contributed by atoms with Gasteiger partial charge in [0.2, 0.25) is 0 Å². The predicted octanol–water partition coefficient (Wildman–Crippen LogP) is 1.92. The van der Waals surface area contributed by atoms with Crippen molar-refractivity contribution in [1.29, 1.82) is 0 Å². The summed E-state index contributed by atoms with van der Waals surface area (Å²) in [4.78, 5) is 6.81. The fourth-order valence-corrected chi connectivity index (χ4v) is 3.03. The summed E-state index contributed by atoms with van der Waals surface area (Å²) in [6, 6.07) is 0.0269. The zero-order chi connectivity index (χ0) is 14.5. The third-order valence-corrected chi connectivity index (χ3v) is 4.29. The molecule has 5 nitrogen and oxygen atoms in total. The van der Waals surface area contributed by atoms with Gasteiger partial charge in [0.1, 0.15) is 5.82 Å². The fourth-order valence-electron chi connectivity index (χ4n) is 3.03. The lowest BCUT2D eigenvalue weighted by molar-refractivity contribution is 0.0825. The van der Waals surface area contributed by atoms with Crippen molar-refractivity contribution < 1.29 is 0 Å². The number of nitrogens with two attached hydrogens (primary N) is 1. The third-order valence-electron chi connectivity index (χ3n) is 4.29. The Morgan fingerprint density at radius 2 is 2.00 bits per heavy atom. The Kier molecular flexibility index (Phi) is 5.97. The van der Waals surface area contributed by atoms with Gasteiger partial charge in [-0.05, 0) is 33.4 Å². The summed E-state index contributed by atoms with van der Waals surface area (Å²) in [5.41, 5.74) is 2.98. The molecule has 0 amide bonds. The summed E-state index contributed by atoms with van der Waals surface area (Å²) in [5, 5.41) is 0. The van der Waals surface area contributed by atoms with Crippen molar-refractivity contribution in [3.05, 3.63) is 18.2 Å². The van der Waals surface area contributed by atoms with Crippen LogP contribution in [0.5, 0.6) is 0 Å². The Labute approximate surface area is 117 Å². The van der Waals surface area contributed by atoms with E-state index in [1.807, 2.05) is 12.4 Å². The van der Waals surface area contributed by atoms with Crippen LogP contribution in [0, 0.1) is 0 Å². The van der Waals surface area contributed by atoms with Gasteiger partial charge in [-0.1, -0.05) is 20.8 Å². The number of aromatic nitrogens is 2. The quantitative estimate of drug-likeness (QED) is 0.558. The van der Waals surface area contributed by atoms with Crippen LogP contribution in [-0.4, -0.2) is 34.1 Å². The molecule has 1 atom stereocenters. The van der Waals surface area contributed by atoms with Gasteiger partial charge in [0.15, 0.2) is 0 Å². The molecule has 1 heterocycles. The normalized spacial score (nSPS) is 14.1. The van der Waals surface area contributed by atoms with Crippen LogP contribution in [0.1, 0.15) is 51.9 Å².